The van der Waals surface area contributed by atoms with Crippen LogP contribution in [0.2, 0.25) is 0 Å². The van der Waals surface area contributed by atoms with Crippen LogP contribution in [0.15, 0.2) is 23.1 Å². The first-order valence-electron chi connectivity index (χ1n) is 7.31. The Bertz CT molecular complexity index is 828. The first kappa shape index (κ1) is 14.5. The van der Waals surface area contributed by atoms with E-state index in [9.17, 15) is 4.79 Å². The number of H-pyrrole nitrogens is 3. The second kappa shape index (κ2) is 5.76. The summed E-state index contributed by atoms with van der Waals surface area (Å²) in [6, 6.07) is 4.21. The Morgan fingerprint density at radius 1 is 1.23 bits per heavy atom. The molecule has 0 spiro atoms. The predicted octanol–water partition coefficient (Wildman–Crippen LogP) is 1.73. The zero-order valence-electron chi connectivity index (χ0n) is 13.0. The maximum absolute atomic E-state index is 11.0. The maximum Gasteiger partial charge on any atom is 0.340 e. The summed E-state index contributed by atoms with van der Waals surface area (Å²) in [5.41, 5.74) is 4.07. The van der Waals surface area contributed by atoms with Crippen LogP contribution in [0.4, 0.5) is 0 Å². The summed E-state index contributed by atoms with van der Waals surface area (Å²) >= 11 is 0. The summed E-state index contributed by atoms with van der Waals surface area (Å²) in [5.74, 6) is 1.09. The van der Waals surface area contributed by atoms with E-state index < -0.39 is 0 Å². The number of hydrogen-bond acceptors (Lipinski definition) is 4. The number of pyridine rings is 1. The van der Waals surface area contributed by atoms with Crippen LogP contribution in [0.3, 0.4) is 0 Å². The standard InChI is InChI=1S/C15H20N6O/c1-9(2)10-4-13-12(16-6-10)5-11(17-13)7-21(3)8-14-18-15(22)20-19-14/h4-6,9,17H,7-8H2,1-3H3,(H2,18,19,20,22). The van der Waals surface area contributed by atoms with Crippen LogP contribution in [0.5, 0.6) is 0 Å². The Morgan fingerprint density at radius 2 is 2.05 bits per heavy atom. The minimum Gasteiger partial charge on any atom is -0.356 e. The predicted molar refractivity (Wildman–Crippen MR) is 84.6 cm³/mol. The number of nitrogens with zero attached hydrogens (tertiary/aromatic N) is 3. The van der Waals surface area contributed by atoms with Crippen LogP contribution in [0.25, 0.3) is 11.0 Å². The van der Waals surface area contributed by atoms with Gasteiger partial charge in [0.05, 0.1) is 17.6 Å². The average Bonchev–Trinajstić information content (AvgIpc) is 3.03. The van der Waals surface area contributed by atoms with Crippen LogP contribution in [0, 0.1) is 0 Å². The van der Waals surface area contributed by atoms with E-state index in [1.807, 2.05) is 13.2 Å². The minimum atomic E-state index is -0.278. The molecule has 0 saturated carbocycles. The molecule has 22 heavy (non-hydrogen) atoms. The minimum absolute atomic E-state index is 0.278. The van der Waals surface area contributed by atoms with Crippen molar-refractivity contribution in [3.05, 3.63) is 45.9 Å². The Kier molecular flexibility index (Phi) is 3.81. The number of aromatic nitrogens is 5. The van der Waals surface area contributed by atoms with Crippen LogP contribution < -0.4 is 5.69 Å². The highest BCUT2D eigenvalue weighted by molar-refractivity contribution is 5.76. The van der Waals surface area contributed by atoms with Crippen molar-refractivity contribution in [2.24, 2.45) is 0 Å². The van der Waals surface area contributed by atoms with Crippen LogP contribution in [0.1, 0.15) is 36.8 Å². The number of fused-ring (bicyclic) bond motifs is 1. The molecule has 0 bridgehead atoms. The SMILES string of the molecule is CC(C)c1cnc2cc(CN(C)Cc3n[nH]c(=O)[nH]3)[nH]c2c1. The quantitative estimate of drug-likeness (QED) is 0.669. The molecule has 0 aliphatic heterocycles. The Labute approximate surface area is 127 Å². The Hall–Kier alpha value is -2.41. The molecule has 7 heteroatoms. The lowest BCUT2D eigenvalue weighted by atomic mass is 10.1. The van der Waals surface area contributed by atoms with Crippen LogP contribution >= 0.6 is 0 Å². The summed E-state index contributed by atoms with van der Waals surface area (Å²) in [6.45, 7) is 5.61. The lowest BCUT2D eigenvalue weighted by Crippen LogP contribution is -2.18. The number of rotatable bonds is 5. The van der Waals surface area contributed by atoms with Crippen molar-refractivity contribution < 1.29 is 0 Å². The first-order valence-corrected chi connectivity index (χ1v) is 7.31. The summed E-state index contributed by atoms with van der Waals surface area (Å²) in [7, 11) is 1.98. The van der Waals surface area contributed by atoms with Gasteiger partial charge in [-0.25, -0.2) is 9.89 Å². The topological polar surface area (TPSA) is 93.5 Å². The smallest absolute Gasteiger partial charge is 0.340 e. The third-order valence-electron chi connectivity index (χ3n) is 3.62. The molecule has 0 fully saturated rings. The third kappa shape index (κ3) is 3.09. The summed E-state index contributed by atoms with van der Waals surface area (Å²) < 4.78 is 0. The van der Waals surface area contributed by atoms with Gasteiger partial charge in [0.2, 0.25) is 0 Å². The molecule has 3 aromatic rings. The molecule has 0 aromatic carbocycles. The van der Waals surface area contributed by atoms with E-state index >= 15 is 0 Å². The molecule has 0 aliphatic rings. The van der Waals surface area contributed by atoms with Crippen molar-refractivity contribution in [2.45, 2.75) is 32.9 Å². The Balaban J connectivity index is 1.74. The van der Waals surface area contributed by atoms with E-state index in [1.54, 1.807) is 0 Å². The van der Waals surface area contributed by atoms with Gasteiger partial charge in [0.1, 0.15) is 5.82 Å². The van der Waals surface area contributed by atoms with Crippen molar-refractivity contribution in [1.29, 1.82) is 0 Å². The van der Waals surface area contributed by atoms with Crippen LogP contribution in [-0.4, -0.2) is 37.1 Å². The first-order chi connectivity index (χ1) is 10.5. The molecule has 116 valence electrons. The molecule has 0 aliphatic carbocycles. The fourth-order valence-electron chi connectivity index (χ4n) is 2.46. The molecule has 0 atom stereocenters. The monoisotopic (exact) mass is 300 g/mol. The van der Waals surface area contributed by atoms with Gasteiger partial charge in [-0.1, -0.05) is 13.8 Å². The van der Waals surface area contributed by atoms with E-state index in [1.165, 1.54) is 5.56 Å². The molecule has 3 aromatic heterocycles. The molecule has 0 radical (unpaired) electrons. The van der Waals surface area contributed by atoms with Gasteiger partial charge in [-0.05, 0) is 30.7 Å². The van der Waals surface area contributed by atoms with Gasteiger partial charge in [-0.15, -0.1) is 0 Å². The molecule has 0 saturated heterocycles. The van der Waals surface area contributed by atoms with E-state index in [0.29, 0.717) is 18.3 Å². The zero-order chi connectivity index (χ0) is 15.7. The summed E-state index contributed by atoms with van der Waals surface area (Å²) in [6.07, 6.45) is 1.93. The average molecular weight is 300 g/mol. The molecule has 7 nitrogen and oxygen atoms in total. The normalized spacial score (nSPS) is 11.9. The van der Waals surface area contributed by atoms with Crippen molar-refractivity contribution in [3.63, 3.8) is 0 Å². The van der Waals surface area contributed by atoms with E-state index in [0.717, 1.165) is 23.3 Å². The molecule has 3 heterocycles. The second-order valence-corrected chi connectivity index (χ2v) is 5.95. The highest BCUT2D eigenvalue weighted by Gasteiger charge is 2.09. The van der Waals surface area contributed by atoms with Gasteiger partial charge < -0.3 is 4.98 Å². The Morgan fingerprint density at radius 3 is 2.73 bits per heavy atom. The van der Waals surface area contributed by atoms with Crippen molar-refractivity contribution >= 4 is 11.0 Å². The molecule has 0 amide bonds. The van der Waals surface area contributed by atoms with Crippen LogP contribution in [-0.2, 0) is 13.1 Å². The molecule has 0 unspecified atom stereocenters. The fourth-order valence-corrected chi connectivity index (χ4v) is 2.46. The van der Waals surface area contributed by atoms with Gasteiger partial charge in [-0.3, -0.25) is 14.9 Å². The summed E-state index contributed by atoms with van der Waals surface area (Å²) in [4.78, 5) is 23.7. The van der Waals surface area contributed by atoms with Gasteiger partial charge in [0.25, 0.3) is 0 Å². The number of nitrogens with one attached hydrogen (secondary N) is 3. The van der Waals surface area contributed by atoms with Gasteiger partial charge in [0, 0.05) is 18.4 Å². The van der Waals surface area contributed by atoms with Gasteiger partial charge in [-0.2, -0.15) is 5.10 Å². The van der Waals surface area contributed by atoms with E-state index in [-0.39, 0.29) is 5.69 Å². The largest absolute Gasteiger partial charge is 0.356 e. The third-order valence-corrected chi connectivity index (χ3v) is 3.62. The molecular weight excluding hydrogens is 280 g/mol. The second-order valence-electron chi connectivity index (χ2n) is 5.95. The lowest BCUT2D eigenvalue weighted by molar-refractivity contribution is 0.308. The molecular formula is C15H20N6O. The zero-order valence-corrected chi connectivity index (χ0v) is 13.0. The summed E-state index contributed by atoms with van der Waals surface area (Å²) in [5, 5.41) is 6.28. The number of aromatic amines is 3. The number of hydrogen-bond donors (Lipinski definition) is 3. The van der Waals surface area contributed by atoms with Gasteiger partial charge in [0.15, 0.2) is 0 Å². The molecule has 3 rings (SSSR count). The lowest BCUT2D eigenvalue weighted by Gasteiger charge is -2.13. The van der Waals surface area contributed by atoms with Gasteiger partial charge >= 0.3 is 5.69 Å². The highest BCUT2D eigenvalue weighted by atomic mass is 16.1. The maximum atomic E-state index is 11.0. The molecule has 3 N–H and O–H groups in total. The fraction of sp³-hybridized carbons (Fsp3) is 0.400. The van der Waals surface area contributed by atoms with Crippen molar-refractivity contribution in [2.75, 3.05) is 7.05 Å². The van der Waals surface area contributed by atoms with E-state index in [2.05, 4.69) is 56.0 Å². The van der Waals surface area contributed by atoms with Crippen molar-refractivity contribution in [3.8, 4) is 0 Å². The van der Waals surface area contributed by atoms with E-state index in [4.69, 9.17) is 0 Å². The van der Waals surface area contributed by atoms with Crippen molar-refractivity contribution in [1.82, 2.24) is 30.0 Å². The highest BCUT2D eigenvalue weighted by Crippen LogP contribution is 2.20.